The van der Waals surface area contributed by atoms with Gasteiger partial charge in [-0.05, 0) is 19.8 Å². The smallest absolute Gasteiger partial charge is 0.325 e. The largest absolute Gasteiger partial charge is 0.465 e. The van der Waals surface area contributed by atoms with Gasteiger partial charge in [0.25, 0.3) is 0 Å². The Hall–Kier alpha value is -1.06. The second-order valence-electron chi connectivity index (χ2n) is 4.25. The van der Waals surface area contributed by atoms with Crippen molar-refractivity contribution in [3.05, 3.63) is 0 Å². The minimum absolute atomic E-state index is 0.0365. The van der Waals surface area contributed by atoms with Gasteiger partial charge in [-0.3, -0.25) is 9.59 Å². The minimum atomic E-state index is -0.339. The Balaban J connectivity index is 4.20. The van der Waals surface area contributed by atoms with E-state index in [2.05, 4.69) is 6.92 Å². The molecule has 0 aromatic carbocycles. The average Bonchev–Trinajstić information content (AvgIpc) is 2.29. The number of likely N-dealkylation sites (N-methyl/N-ethyl adjacent to an activating group) is 1. The third-order valence-electron chi connectivity index (χ3n) is 2.80. The molecule has 0 aromatic rings. The Morgan fingerprint density at radius 3 is 2.35 bits per heavy atom. The third-order valence-corrected chi connectivity index (χ3v) is 2.80. The lowest BCUT2D eigenvalue weighted by Gasteiger charge is -2.22. The molecule has 0 aliphatic heterocycles. The van der Waals surface area contributed by atoms with E-state index in [0.717, 1.165) is 25.7 Å². The van der Waals surface area contributed by atoms with Gasteiger partial charge in [-0.25, -0.2) is 0 Å². The van der Waals surface area contributed by atoms with E-state index in [-0.39, 0.29) is 24.3 Å². The van der Waals surface area contributed by atoms with Gasteiger partial charge in [0.15, 0.2) is 0 Å². The molecule has 4 nitrogen and oxygen atoms in total. The summed E-state index contributed by atoms with van der Waals surface area (Å²) in [7, 11) is 1.66. The lowest BCUT2D eigenvalue weighted by molar-refractivity contribution is -0.149. The molecule has 0 saturated heterocycles. The lowest BCUT2D eigenvalue weighted by atomic mass is 9.98. The highest BCUT2D eigenvalue weighted by Gasteiger charge is 2.21. The van der Waals surface area contributed by atoms with E-state index in [1.807, 2.05) is 6.92 Å². The predicted molar refractivity (Wildman–Crippen MR) is 67.6 cm³/mol. The molecule has 0 aliphatic rings. The highest BCUT2D eigenvalue weighted by molar-refractivity contribution is 5.83. The average molecular weight is 243 g/mol. The van der Waals surface area contributed by atoms with Crippen molar-refractivity contribution < 1.29 is 14.3 Å². The Morgan fingerprint density at radius 1 is 1.24 bits per heavy atom. The van der Waals surface area contributed by atoms with Crippen LogP contribution in [-0.4, -0.2) is 37.0 Å². The van der Waals surface area contributed by atoms with E-state index >= 15 is 0 Å². The van der Waals surface area contributed by atoms with Crippen molar-refractivity contribution in [2.45, 2.75) is 46.5 Å². The molecule has 0 fully saturated rings. The second-order valence-corrected chi connectivity index (χ2v) is 4.25. The number of ether oxygens (including phenoxy) is 1. The van der Waals surface area contributed by atoms with Crippen LogP contribution in [0.2, 0.25) is 0 Å². The van der Waals surface area contributed by atoms with Gasteiger partial charge in [-0.1, -0.05) is 26.7 Å². The van der Waals surface area contributed by atoms with Crippen LogP contribution in [-0.2, 0) is 14.3 Å². The summed E-state index contributed by atoms with van der Waals surface area (Å²) in [5.41, 5.74) is 0. The predicted octanol–water partition coefficient (Wildman–Crippen LogP) is 2.22. The molecule has 0 spiro atoms. The first-order valence-corrected chi connectivity index (χ1v) is 6.47. The van der Waals surface area contributed by atoms with Crippen LogP contribution in [0.25, 0.3) is 0 Å². The van der Waals surface area contributed by atoms with Crippen molar-refractivity contribution in [1.82, 2.24) is 4.90 Å². The van der Waals surface area contributed by atoms with Crippen LogP contribution in [0.3, 0.4) is 0 Å². The molecule has 1 amide bonds. The van der Waals surface area contributed by atoms with E-state index in [1.54, 1.807) is 14.0 Å². The SMILES string of the molecule is CCCCC(CC)C(=O)N(C)CC(=O)OCC. The molecule has 0 saturated carbocycles. The maximum absolute atomic E-state index is 12.0. The highest BCUT2D eigenvalue weighted by Crippen LogP contribution is 2.15. The monoisotopic (exact) mass is 243 g/mol. The van der Waals surface area contributed by atoms with Crippen LogP contribution in [0.1, 0.15) is 46.5 Å². The molecule has 0 rings (SSSR count). The van der Waals surface area contributed by atoms with Crippen molar-refractivity contribution in [3.63, 3.8) is 0 Å². The molecule has 0 N–H and O–H groups in total. The van der Waals surface area contributed by atoms with Crippen molar-refractivity contribution in [1.29, 1.82) is 0 Å². The maximum Gasteiger partial charge on any atom is 0.325 e. The van der Waals surface area contributed by atoms with E-state index in [9.17, 15) is 9.59 Å². The van der Waals surface area contributed by atoms with Crippen molar-refractivity contribution in [3.8, 4) is 0 Å². The molecule has 0 aromatic heterocycles. The number of nitrogens with zero attached hydrogens (tertiary/aromatic N) is 1. The quantitative estimate of drug-likeness (QED) is 0.614. The molecule has 1 atom stereocenters. The zero-order chi connectivity index (χ0) is 13.3. The Bertz CT molecular complexity index is 241. The highest BCUT2D eigenvalue weighted by atomic mass is 16.5. The van der Waals surface area contributed by atoms with Gasteiger partial charge in [-0.15, -0.1) is 0 Å². The summed E-state index contributed by atoms with van der Waals surface area (Å²) in [5, 5.41) is 0. The second kappa shape index (κ2) is 9.02. The Kier molecular flexibility index (Phi) is 8.46. The van der Waals surface area contributed by atoms with Crippen LogP contribution >= 0.6 is 0 Å². The van der Waals surface area contributed by atoms with Crippen LogP contribution < -0.4 is 0 Å². The summed E-state index contributed by atoms with van der Waals surface area (Å²) in [6.45, 7) is 6.29. The van der Waals surface area contributed by atoms with Crippen LogP contribution in [0.4, 0.5) is 0 Å². The first-order chi connectivity index (χ1) is 8.06. The van der Waals surface area contributed by atoms with Crippen LogP contribution in [0.5, 0.6) is 0 Å². The van der Waals surface area contributed by atoms with E-state index in [1.165, 1.54) is 4.90 Å². The van der Waals surface area contributed by atoms with Crippen LogP contribution in [0, 0.1) is 5.92 Å². The van der Waals surface area contributed by atoms with E-state index in [0.29, 0.717) is 6.61 Å². The normalized spacial score (nSPS) is 12.0. The first-order valence-electron chi connectivity index (χ1n) is 6.47. The number of esters is 1. The summed E-state index contributed by atoms with van der Waals surface area (Å²) >= 11 is 0. The molecule has 100 valence electrons. The zero-order valence-electron chi connectivity index (χ0n) is 11.5. The van der Waals surface area contributed by atoms with Gasteiger partial charge in [0.05, 0.1) is 6.61 Å². The standard InChI is InChI=1S/C13H25NO3/c1-5-8-9-11(6-2)13(16)14(4)10-12(15)17-7-3/h11H,5-10H2,1-4H3. The maximum atomic E-state index is 12.0. The number of carbonyl (C=O) groups is 2. The zero-order valence-corrected chi connectivity index (χ0v) is 11.5. The number of rotatable bonds is 8. The summed E-state index contributed by atoms with van der Waals surface area (Å²) < 4.78 is 4.82. The molecular weight excluding hydrogens is 218 g/mol. The van der Waals surface area contributed by atoms with Crippen molar-refractivity contribution in [2.75, 3.05) is 20.2 Å². The van der Waals surface area contributed by atoms with Gasteiger partial charge in [-0.2, -0.15) is 0 Å². The molecule has 0 radical (unpaired) electrons. The summed E-state index contributed by atoms with van der Waals surface area (Å²) in [6, 6.07) is 0. The first kappa shape index (κ1) is 15.9. The van der Waals surface area contributed by atoms with Gasteiger partial charge in [0, 0.05) is 13.0 Å². The van der Waals surface area contributed by atoms with Gasteiger partial charge >= 0.3 is 5.97 Å². The van der Waals surface area contributed by atoms with Gasteiger partial charge in [0.1, 0.15) is 6.54 Å². The van der Waals surface area contributed by atoms with Crippen molar-refractivity contribution >= 4 is 11.9 Å². The molecule has 0 heterocycles. The van der Waals surface area contributed by atoms with E-state index < -0.39 is 0 Å². The number of hydrogen-bond donors (Lipinski definition) is 0. The molecular formula is C13H25NO3. The van der Waals surface area contributed by atoms with Crippen molar-refractivity contribution in [2.24, 2.45) is 5.92 Å². The molecule has 0 aliphatic carbocycles. The van der Waals surface area contributed by atoms with Gasteiger partial charge < -0.3 is 9.64 Å². The minimum Gasteiger partial charge on any atom is -0.465 e. The number of carbonyl (C=O) groups excluding carboxylic acids is 2. The fourth-order valence-corrected chi connectivity index (χ4v) is 1.74. The molecule has 0 bridgehead atoms. The van der Waals surface area contributed by atoms with Crippen LogP contribution in [0.15, 0.2) is 0 Å². The third kappa shape index (κ3) is 6.29. The fourth-order valence-electron chi connectivity index (χ4n) is 1.74. The lowest BCUT2D eigenvalue weighted by Crippen LogP contribution is -2.37. The summed E-state index contributed by atoms with van der Waals surface area (Å²) in [6.07, 6.45) is 3.87. The summed E-state index contributed by atoms with van der Waals surface area (Å²) in [4.78, 5) is 24.8. The molecule has 4 heteroatoms. The number of amides is 1. The topological polar surface area (TPSA) is 46.6 Å². The Labute approximate surface area is 104 Å². The number of hydrogen-bond acceptors (Lipinski definition) is 3. The summed E-state index contributed by atoms with van der Waals surface area (Å²) in [5.74, 6) is -0.253. The Morgan fingerprint density at radius 2 is 1.88 bits per heavy atom. The number of unbranched alkanes of at least 4 members (excludes halogenated alkanes) is 1. The van der Waals surface area contributed by atoms with E-state index in [4.69, 9.17) is 4.74 Å². The molecule has 1 unspecified atom stereocenters. The molecule has 17 heavy (non-hydrogen) atoms. The van der Waals surface area contributed by atoms with Gasteiger partial charge in [0.2, 0.25) is 5.91 Å². The fraction of sp³-hybridized carbons (Fsp3) is 0.846.